The van der Waals surface area contributed by atoms with E-state index in [0.717, 1.165) is 5.52 Å². The second kappa shape index (κ2) is 4.01. The molecule has 0 aliphatic rings. The van der Waals surface area contributed by atoms with Gasteiger partial charge in [0.2, 0.25) is 5.95 Å². The van der Waals surface area contributed by atoms with Crippen LogP contribution in [0.5, 0.6) is 0 Å². The van der Waals surface area contributed by atoms with Crippen molar-refractivity contribution in [2.45, 2.75) is 6.42 Å². The van der Waals surface area contributed by atoms with Crippen LogP contribution in [0.1, 0.15) is 6.42 Å². The third-order valence-electron chi connectivity index (χ3n) is 2.01. The zero-order chi connectivity index (χ0) is 10.7. The molecule has 0 aliphatic carbocycles. The van der Waals surface area contributed by atoms with Gasteiger partial charge < -0.3 is 10.3 Å². The molecule has 15 heavy (non-hydrogen) atoms. The summed E-state index contributed by atoms with van der Waals surface area (Å²) in [6.07, 6.45) is 5.75. The number of halogens is 1. The number of hydrogen-bond acceptors (Lipinski definition) is 2. The second-order valence-corrected chi connectivity index (χ2v) is 3.13. The van der Waals surface area contributed by atoms with Crippen LogP contribution in [0.3, 0.4) is 0 Å². The predicted octanol–water partition coefficient (Wildman–Crippen LogP) is 2.14. The summed E-state index contributed by atoms with van der Waals surface area (Å²) in [5.41, 5.74) is 1.41. The number of hydrogen-bond donors (Lipinski definition) is 2. The van der Waals surface area contributed by atoms with Gasteiger partial charge >= 0.3 is 0 Å². The van der Waals surface area contributed by atoms with E-state index in [-0.39, 0.29) is 5.82 Å². The van der Waals surface area contributed by atoms with Crippen LogP contribution in [0, 0.1) is 18.2 Å². The van der Waals surface area contributed by atoms with Crippen molar-refractivity contribution in [3.63, 3.8) is 0 Å². The molecule has 0 radical (unpaired) electrons. The van der Waals surface area contributed by atoms with E-state index in [1.165, 1.54) is 12.1 Å². The molecule has 4 heteroatoms. The van der Waals surface area contributed by atoms with Crippen molar-refractivity contribution >= 4 is 17.0 Å². The first-order valence-corrected chi connectivity index (χ1v) is 4.62. The molecule has 0 saturated heterocycles. The van der Waals surface area contributed by atoms with Gasteiger partial charge in [-0.3, -0.25) is 0 Å². The van der Waals surface area contributed by atoms with Gasteiger partial charge in [0, 0.05) is 13.0 Å². The fourth-order valence-corrected chi connectivity index (χ4v) is 1.32. The summed E-state index contributed by atoms with van der Waals surface area (Å²) in [5, 5.41) is 3.02. The highest BCUT2D eigenvalue weighted by atomic mass is 19.1. The van der Waals surface area contributed by atoms with E-state index in [4.69, 9.17) is 6.42 Å². The van der Waals surface area contributed by atoms with Gasteiger partial charge in [0.05, 0.1) is 11.0 Å². The van der Waals surface area contributed by atoms with E-state index in [1.54, 1.807) is 6.07 Å². The maximum absolute atomic E-state index is 12.9. The summed E-state index contributed by atoms with van der Waals surface area (Å²) in [6.45, 7) is 0.652. The fourth-order valence-electron chi connectivity index (χ4n) is 1.32. The van der Waals surface area contributed by atoms with E-state index in [2.05, 4.69) is 21.2 Å². The van der Waals surface area contributed by atoms with Crippen LogP contribution in [0.4, 0.5) is 10.3 Å². The highest BCUT2D eigenvalue weighted by Gasteiger charge is 2.02. The smallest absolute Gasteiger partial charge is 0.201 e. The van der Waals surface area contributed by atoms with E-state index < -0.39 is 0 Å². The Labute approximate surface area is 86.7 Å². The largest absolute Gasteiger partial charge is 0.355 e. The van der Waals surface area contributed by atoms with E-state index in [1.807, 2.05) is 0 Å². The van der Waals surface area contributed by atoms with Crippen LogP contribution in [-0.4, -0.2) is 16.5 Å². The molecule has 0 fully saturated rings. The van der Waals surface area contributed by atoms with Crippen molar-refractivity contribution in [1.29, 1.82) is 0 Å². The standard InChI is InChI=1S/C11H10FN3/c1-2-3-6-13-11-14-9-5-4-8(12)7-10(9)15-11/h1,4-5,7H,3,6H2,(H2,13,14,15). The minimum atomic E-state index is -0.277. The lowest BCUT2D eigenvalue weighted by Crippen LogP contribution is -2.01. The maximum Gasteiger partial charge on any atom is 0.201 e. The average molecular weight is 203 g/mol. The lowest BCUT2D eigenvalue weighted by molar-refractivity contribution is 0.629. The number of anilines is 1. The minimum absolute atomic E-state index is 0.277. The molecule has 3 nitrogen and oxygen atoms in total. The molecule has 1 aromatic carbocycles. The Balaban J connectivity index is 2.20. The molecule has 1 aromatic heterocycles. The number of nitrogens with zero attached hydrogens (tertiary/aromatic N) is 1. The van der Waals surface area contributed by atoms with Crippen LogP contribution in [-0.2, 0) is 0 Å². The summed E-state index contributed by atoms with van der Waals surface area (Å²) in [4.78, 5) is 7.19. The second-order valence-electron chi connectivity index (χ2n) is 3.13. The predicted molar refractivity (Wildman–Crippen MR) is 58.0 cm³/mol. The van der Waals surface area contributed by atoms with Crippen molar-refractivity contribution in [2.24, 2.45) is 0 Å². The summed E-state index contributed by atoms with van der Waals surface area (Å²) in [7, 11) is 0. The number of benzene rings is 1. The molecule has 0 aliphatic heterocycles. The first-order valence-electron chi connectivity index (χ1n) is 4.62. The Hall–Kier alpha value is -2.02. The Bertz CT molecular complexity index is 510. The van der Waals surface area contributed by atoms with Crippen LogP contribution < -0.4 is 5.32 Å². The van der Waals surface area contributed by atoms with E-state index in [0.29, 0.717) is 24.4 Å². The van der Waals surface area contributed by atoms with Gasteiger partial charge in [-0.2, -0.15) is 0 Å². The van der Waals surface area contributed by atoms with Crippen LogP contribution in [0.15, 0.2) is 18.2 Å². The molecule has 2 N–H and O–H groups in total. The highest BCUT2D eigenvalue weighted by molar-refractivity contribution is 5.77. The Kier molecular flexibility index (Phi) is 2.55. The summed E-state index contributed by atoms with van der Waals surface area (Å²) in [6, 6.07) is 4.43. The number of terminal acetylenes is 1. The number of nitrogens with one attached hydrogen (secondary N) is 2. The average Bonchev–Trinajstić information content (AvgIpc) is 2.60. The zero-order valence-corrected chi connectivity index (χ0v) is 8.05. The van der Waals surface area contributed by atoms with Gasteiger partial charge in [0.1, 0.15) is 5.82 Å². The number of fused-ring (bicyclic) bond motifs is 1. The monoisotopic (exact) mass is 203 g/mol. The maximum atomic E-state index is 12.9. The molecule has 0 spiro atoms. The van der Waals surface area contributed by atoms with Crippen molar-refractivity contribution in [1.82, 2.24) is 9.97 Å². The molecule has 0 atom stereocenters. The van der Waals surface area contributed by atoms with Crippen LogP contribution >= 0.6 is 0 Å². The first kappa shape index (κ1) is 9.53. The molecule has 1 heterocycles. The fraction of sp³-hybridized carbons (Fsp3) is 0.182. The van der Waals surface area contributed by atoms with Gasteiger partial charge in [0.25, 0.3) is 0 Å². The number of rotatable bonds is 3. The van der Waals surface area contributed by atoms with Gasteiger partial charge in [-0.15, -0.1) is 12.3 Å². The molecular formula is C11H10FN3. The van der Waals surface area contributed by atoms with Gasteiger partial charge in [-0.1, -0.05) is 0 Å². The molecule has 0 saturated carbocycles. The number of aromatic amines is 1. The van der Waals surface area contributed by atoms with Crippen molar-refractivity contribution in [2.75, 3.05) is 11.9 Å². The SMILES string of the molecule is C#CCCNc1nc2ccc(F)cc2[nH]1. The highest BCUT2D eigenvalue weighted by Crippen LogP contribution is 2.15. The lowest BCUT2D eigenvalue weighted by Gasteiger charge is -1.96. The normalized spacial score (nSPS) is 10.1. The molecule has 2 aromatic rings. The molecule has 76 valence electrons. The first-order chi connectivity index (χ1) is 7.29. The summed E-state index contributed by atoms with van der Waals surface area (Å²) in [5.74, 6) is 2.86. The zero-order valence-electron chi connectivity index (χ0n) is 8.05. The van der Waals surface area contributed by atoms with Gasteiger partial charge in [0.15, 0.2) is 0 Å². The topological polar surface area (TPSA) is 40.7 Å². The number of aromatic nitrogens is 2. The van der Waals surface area contributed by atoms with Crippen molar-refractivity contribution in [3.05, 3.63) is 24.0 Å². The summed E-state index contributed by atoms with van der Waals surface area (Å²) >= 11 is 0. The molecule has 2 rings (SSSR count). The third kappa shape index (κ3) is 2.08. The van der Waals surface area contributed by atoms with Gasteiger partial charge in [-0.05, 0) is 18.2 Å². The Morgan fingerprint density at radius 1 is 1.53 bits per heavy atom. The van der Waals surface area contributed by atoms with Crippen LogP contribution in [0.2, 0.25) is 0 Å². The third-order valence-corrected chi connectivity index (χ3v) is 2.01. The summed E-state index contributed by atoms with van der Waals surface area (Å²) < 4.78 is 12.9. The Morgan fingerprint density at radius 2 is 2.40 bits per heavy atom. The minimum Gasteiger partial charge on any atom is -0.355 e. The van der Waals surface area contributed by atoms with Crippen molar-refractivity contribution in [3.8, 4) is 12.3 Å². The number of imidazole rings is 1. The Morgan fingerprint density at radius 3 is 3.20 bits per heavy atom. The van der Waals surface area contributed by atoms with Gasteiger partial charge in [-0.25, -0.2) is 9.37 Å². The quantitative estimate of drug-likeness (QED) is 0.592. The van der Waals surface area contributed by atoms with E-state index in [9.17, 15) is 4.39 Å². The molecule has 0 unspecified atom stereocenters. The molecule has 0 bridgehead atoms. The number of H-pyrrole nitrogens is 1. The van der Waals surface area contributed by atoms with Crippen LogP contribution in [0.25, 0.3) is 11.0 Å². The molecular weight excluding hydrogens is 193 g/mol. The molecule has 0 amide bonds. The van der Waals surface area contributed by atoms with Crippen molar-refractivity contribution < 1.29 is 4.39 Å². The lowest BCUT2D eigenvalue weighted by atomic mass is 10.3. The van der Waals surface area contributed by atoms with E-state index >= 15 is 0 Å².